The SMILES string of the molecule is NCc1ccc(N2CCNCC2)c(F)c1F. The summed E-state index contributed by atoms with van der Waals surface area (Å²) in [4.78, 5) is 1.84. The summed E-state index contributed by atoms with van der Waals surface area (Å²) in [5, 5.41) is 3.16. The molecule has 1 fully saturated rings. The molecule has 1 aliphatic heterocycles. The highest BCUT2D eigenvalue weighted by Crippen LogP contribution is 2.24. The number of anilines is 1. The minimum absolute atomic E-state index is 0.0184. The molecule has 0 amide bonds. The summed E-state index contributed by atoms with van der Waals surface area (Å²) in [5.74, 6) is -1.61. The number of hydrogen-bond acceptors (Lipinski definition) is 3. The van der Waals surface area contributed by atoms with Crippen LogP contribution in [0.1, 0.15) is 5.56 Å². The lowest BCUT2D eigenvalue weighted by atomic mass is 10.1. The Morgan fingerprint density at radius 2 is 1.88 bits per heavy atom. The van der Waals surface area contributed by atoms with Crippen LogP contribution in [-0.2, 0) is 6.54 Å². The van der Waals surface area contributed by atoms with Crippen LogP contribution in [0.3, 0.4) is 0 Å². The van der Waals surface area contributed by atoms with Crippen LogP contribution in [0.5, 0.6) is 0 Å². The van der Waals surface area contributed by atoms with Gasteiger partial charge in [-0.1, -0.05) is 6.07 Å². The molecule has 1 aromatic carbocycles. The quantitative estimate of drug-likeness (QED) is 0.786. The van der Waals surface area contributed by atoms with Crippen molar-refractivity contribution < 1.29 is 8.78 Å². The first kappa shape index (κ1) is 11.3. The van der Waals surface area contributed by atoms with Crippen molar-refractivity contribution in [3.8, 4) is 0 Å². The van der Waals surface area contributed by atoms with Gasteiger partial charge in [-0.3, -0.25) is 0 Å². The van der Waals surface area contributed by atoms with Gasteiger partial charge < -0.3 is 16.0 Å². The van der Waals surface area contributed by atoms with E-state index in [0.717, 1.165) is 13.1 Å². The predicted octanol–water partition coefficient (Wildman–Crippen LogP) is 0.833. The van der Waals surface area contributed by atoms with E-state index in [1.807, 2.05) is 4.90 Å². The van der Waals surface area contributed by atoms with Crippen LogP contribution in [0.25, 0.3) is 0 Å². The maximum Gasteiger partial charge on any atom is 0.182 e. The van der Waals surface area contributed by atoms with Crippen molar-refractivity contribution in [2.75, 3.05) is 31.1 Å². The highest BCUT2D eigenvalue weighted by molar-refractivity contribution is 5.50. The van der Waals surface area contributed by atoms with Gasteiger partial charge in [-0.2, -0.15) is 0 Å². The van der Waals surface area contributed by atoms with Gasteiger partial charge in [0, 0.05) is 38.3 Å². The van der Waals surface area contributed by atoms with Gasteiger partial charge >= 0.3 is 0 Å². The second-order valence-electron chi connectivity index (χ2n) is 3.81. The van der Waals surface area contributed by atoms with Crippen molar-refractivity contribution in [2.45, 2.75) is 6.54 Å². The number of piperazine rings is 1. The second kappa shape index (κ2) is 4.76. The largest absolute Gasteiger partial charge is 0.367 e. The van der Waals surface area contributed by atoms with Gasteiger partial charge in [-0.25, -0.2) is 8.78 Å². The van der Waals surface area contributed by atoms with Gasteiger partial charge in [0.1, 0.15) is 0 Å². The lowest BCUT2D eigenvalue weighted by Gasteiger charge is -2.29. The molecule has 0 saturated carbocycles. The minimum atomic E-state index is -0.821. The van der Waals surface area contributed by atoms with Gasteiger partial charge in [-0.05, 0) is 6.07 Å². The zero-order valence-corrected chi connectivity index (χ0v) is 8.97. The van der Waals surface area contributed by atoms with Crippen LogP contribution in [0, 0.1) is 11.6 Å². The molecule has 0 unspecified atom stereocenters. The standard InChI is InChI=1S/C11H15F2N3/c12-10-8(7-14)1-2-9(11(10)13)16-5-3-15-4-6-16/h1-2,15H,3-7,14H2. The first-order valence-electron chi connectivity index (χ1n) is 5.36. The van der Waals surface area contributed by atoms with E-state index in [1.165, 1.54) is 0 Å². The molecular formula is C11H15F2N3. The molecule has 16 heavy (non-hydrogen) atoms. The van der Waals surface area contributed by atoms with Crippen molar-refractivity contribution in [1.29, 1.82) is 0 Å². The molecule has 0 spiro atoms. The molecule has 1 aliphatic rings. The fourth-order valence-corrected chi connectivity index (χ4v) is 1.89. The lowest BCUT2D eigenvalue weighted by molar-refractivity contribution is 0.491. The Morgan fingerprint density at radius 3 is 2.50 bits per heavy atom. The third kappa shape index (κ3) is 2.01. The first-order chi connectivity index (χ1) is 7.74. The van der Waals surface area contributed by atoms with E-state index in [1.54, 1.807) is 12.1 Å². The summed E-state index contributed by atoms with van der Waals surface area (Å²) >= 11 is 0. The van der Waals surface area contributed by atoms with Crippen LogP contribution in [0.4, 0.5) is 14.5 Å². The van der Waals surface area contributed by atoms with Gasteiger partial charge in [-0.15, -0.1) is 0 Å². The van der Waals surface area contributed by atoms with E-state index in [4.69, 9.17) is 5.73 Å². The van der Waals surface area contributed by atoms with Crippen LogP contribution < -0.4 is 16.0 Å². The molecule has 1 heterocycles. The van der Waals surface area contributed by atoms with Crippen molar-refractivity contribution in [3.05, 3.63) is 29.3 Å². The molecule has 0 aliphatic carbocycles. The molecule has 3 N–H and O–H groups in total. The number of nitrogens with one attached hydrogen (secondary N) is 1. The summed E-state index contributed by atoms with van der Waals surface area (Å²) in [6, 6.07) is 3.15. The molecule has 2 rings (SSSR count). The number of nitrogens with zero attached hydrogens (tertiary/aromatic N) is 1. The molecule has 3 nitrogen and oxygen atoms in total. The summed E-state index contributed by atoms with van der Waals surface area (Å²) in [7, 11) is 0. The van der Waals surface area contributed by atoms with Gasteiger partial charge in [0.25, 0.3) is 0 Å². The van der Waals surface area contributed by atoms with Crippen LogP contribution in [0.2, 0.25) is 0 Å². The zero-order chi connectivity index (χ0) is 11.5. The molecule has 0 aromatic heterocycles. The van der Waals surface area contributed by atoms with Crippen LogP contribution in [-0.4, -0.2) is 26.2 Å². The van der Waals surface area contributed by atoms with E-state index in [0.29, 0.717) is 18.8 Å². The molecule has 1 aromatic rings. The fraction of sp³-hybridized carbons (Fsp3) is 0.455. The maximum atomic E-state index is 13.7. The first-order valence-corrected chi connectivity index (χ1v) is 5.36. The summed E-state index contributed by atoms with van der Waals surface area (Å²) in [5.41, 5.74) is 5.87. The normalized spacial score (nSPS) is 16.6. The number of rotatable bonds is 2. The van der Waals surface area contributed by atoms with Crippen molar-refractivity contribution >= 4 is 5.69 Å². The van der Waals surface area contributed by atoms with E-state index in [2.05, 4.69) is 5.32 Å². The van der Waals surface area contributed by atoms with E-state index in [9.17, 15) is 8.78 Å². The fourth-order valence-electron chi connectivity index (χ4n) is 1.89. The second-order valence-corrected chi connectivity index (χ2v) is 3.81. The number of hydrogen-bond donors (Lipinski definition) is 2. The molecule has 1 saturated heterocycles. The number of benzene rings is 1. The monoisotopic (exact) mass is 227 g/mol. The smallest absolute Gasteiger partial charge is 0.182 e. The van der Waals surface area contributed by atoms with E-state index < -0.39 is 11.6 Å². The number of halogens is 2. The third-order valence-electron chi connectivity index (χ3n) is 2.82. The predicted molar refractivity (Wildman–Crippen MR) is 59.3 cm³/mol. The minimum Gasteiger partial charge on any atom is -0.367 e. The Morgan fingerprint density at radius 1 is 1.19 bits per heavy atom. The van der Waals surface area contributed by atoms with Gasteiger partial charge in [0.2, 0.25) is 0 Å². The Labute approximate surface area is 93.2 Å². The van der Waals surface area contributed by atoms with Gasteiger partial charge in [0.15, 0.2) is 11.6 Å². The average Bonchev–Trinajstić information content (AvgIpc) is 2.34. The van der Waals surface area contributed by atoms with Crippen molar-refractivity contribution in [3.63, 3.8) is 0 Å². The van der Waals surface area contributed by atoms with Crippen molar-refractivity contribution in [2.24, 2.45) is 5.73 Å². The Balaban J connectivity index is 2.30. The molecule has 0 atom stereocenters. The molecule has 88 valence electrons. The number of nitrogens with two attached hydrogens (primary N) is 1. The highest BCUT2D eigenvalue weighted by Gasteiger charge is 2.18. The van der Waals surface area contributed by atoms with E-state index >= 15 is 0 Å². The Bertz CT molecular complexity index is 376. The maximum absolute atomic E-state index is 13.7. The Kier molecular flexibility index (Phi) is 3.36. The highest BCUT2D eigenvalue weighted by atomic mass is 19.2. The summed E-state index contributed by atoms with van der Waals surface area (Å²) in [6.45, 7) is 2.99. The third-order valence-corrected chi connectivity index (χ3v) is 2.82. The molecule has 0 radical (unpaired) electrons. The Hall–Kier alpha value is -1.20. The molecule has 5 heteroatoms. The lowest BCUT2D eigenvalue weighted by Crippen LogP contribution is -2.44. The topological polar surface area (TPSA) is 41.3 Å². The average molecular weight is 227 g/mol. The summed E-state index contributed by atoms with van der Waals surface area (Å²) < 4.78 is 27.3. The molecule has 0 bridgehead atoms. The van der Waals surface area contributed by atoms with Gasteiger partial charge in [0.05, 0.1) is 5.69 Å². The molecular weight excluding hydrogens is 212 g/mol. The zero-order valence-electron chi connectivity index (χ0n) is 8.97. The summed E-state index contributed by atoms with van der Waals surface area (Å²) in [6.07, 6.45) is 0. The van der Waals surface area contributed by atoms with Crippen LogP contribution >= 0.6 is 0 Å². The van der Waals surface area contributed by atoms with E-state index in [-0.39, 0.29) is 12.1 Å². The van der Waals surface area contributed by atoms with Crippen LogP contribution in [0.15, 0.2) is 12.1 Å². The van der Waals surface area contributed by atoms with Crippen molar-refractivity contribution in [1.82, 2.24) is 5.32 Å².